The van der Waals surface area contributed by atoms with Crippen molar-refractivity contribution in [1.29, 1.82) is 0 Å². The summed E-state index contributed by atoms with van der Waals surface area (Å²) in [5.74, 6) is 0.738. The van der Waals surface area contributed by atoms with Crippen LogP contribution in [0.15, 0.2) is 28.2 Å². The third kappa shape index (κ3) is 3.86. The summed E-state index contributed by atoms with van der Waals surface area (Å²) >= 11 is 2.89. The summed E-state index contributed by atoms with van der Waals surface area (Å²) in [7, 11) is 0. The van der Waals surface area contributed by atoms with Gasteiger partial charge in [-0.1, -0.05) is 24.8 Å². The van der Waals surface area contributed by atoms with Crippen molar-refractivity contribution in [2.75, 3.05) is 11.1 Å². The second-order valence-electron chi connectivity index (χ2n) is 7.54. The normalized spacial score (nSPS) is 16.2. The predicted molar refractivity (Wildman–Crippen MR) is 117 cm³/mol. The summed E-state index contributed by atoms with van der Waals surface area (Å²) < 4.78 is 0. The van der Waals surface area contributed by atoms with E-state index in [9.17, 15) is 9.59 Å². The number of aromatic amines is 1. The van der Waals surface area contributed by atoms with Gasteiger partial charge in [-0.05, 0) is 67.9 Å². The Labute approximate surface area is 172 Å². The lowest BCUT2D eigenvalue weighted by Gasteiger charge is -2.17. The number of fused-ring (bicyclic) bond motifs is 3. The molecule has 1 atom stereocenters. The molecular formula is C21H23N3O2S2. The van der Waals surface area contributed by atoms with Gasteiger partial charge in [0, 0.05) is 10.6 Å². The molecule has 0 fully saturated rings. The monoisotopic (exact) mass is 413 g/mol. The Morgan fingerprint density at radius 2 is 2.18 bits per heavy atom. The Balaban J connectivity index is 1.48. The fraction of sp³-hybridized carbons (Fsp3) is 0.381. The maximum Gasteiger partial charge on any atom is 0.260 e. The average Bonchev–Trinajstić information content (AvgIpc) is 3.00. The van der Waals surface area contributed by atoms with Crippen LogP contribution in [-0.2, 0) is 17.6 Å². The van der Waals surface area contributed by atoms with E-state index in [2.05, 4.69) is 22.2 Å². The number of carbonyl (C=O) groups excluding carboxylic acids is 1. The highest BCUT2D eigenvalue weighted by atomic mass is 32.2. The van der Waals surface area contributed by atoms with Gasteiger partial charge in [0.25, 0.3) is 5.56 Å². The SMILES string of the molecule is Cc1ccc(NC(=O)CSc2nc3sc4c(c3c(=O)[nH]2)CC[C@@H](C)C4)cc1C. The molecule has 7 heteroatoms. The first-order chi connectivity index (χ1) is 13.4. The lowest BCUT2D eigenvalue weighted by molar-refractivity contribution is -0.113. The van der Waals surface area contributed by atoms with Gasteiger partial charge in [0.05, 0.1) is 11.1 Å². The number of carbonyl (C=O) groups is 1. The molecule has 1 amide bonds. The molecule has 1 aromatic carbocycles. The van der Waals surface area contributed by atoms with Crippen LogP contribution < -0.4 is 10.9 Å². The van der Waals surface area contributed by atoms with E-state index in [1.54, 1.807) is 11.3 Å². The second-order valence-corrected chi connectivity index (χ2v) is 9.59. The minimum Gasteiger partial charge on any atom is -0.325 e. The molecule has 1 aliphatic carbocycles. The fourth-order valence-electron chi connectivity index (χ4n) is 3.55. The lowest BCUT2D eigenvalue weighted by atomic mass is 9.89. The third-order valence-electron chi connectivity index (χ3n) is 5.27. The Morgan fingerprint density at radius 1 is 1.36 bits per heavy atom. The van der Waals surface area contributed by atoms with E-state index in [-0.39, 0.29) is 17.2 Å². The number of benzene rings is 1. The molecule has 0 saturated carbocycles. The second kappa shape index (κ2) is 7.72. The van der Waals surface area contributed by atoms with E-state index < -0.39 is 0 Å². The van der Waals surface area contributed by atoms with Gasteiger partial charge in [-0.15, -0.1) is 11.3 Å². The first-order valence-electron chi connectivity index (χ1n) is 9.45. The molecule has 5 nitrogen and oxygen atoms in total. The van der Waals surface area contributed by atoms with Crippen LogP contribution in [-0.4, -0.2) is 21.6 Å². The van der Waals surface area contributed by atoms with Crippen molar-refractivity contribution in [2.45, 2.75) is 45.2 Å². The number of aryl methyl sites for hydroxylation is 3. The van der Waals surface area contributed by atoms with Crippen LogP contribution in [0.2, 0.25) is 0 Å². The van der Waals surface area contributed by atoms with Gasteiger partial charge in [0.1, 0.15) is 4.83 Å². The molecule has 0 unspecified atom stereocenters. The number of anilines is 1. The number of thioether (sulfide) groups is 1. The molecule has 1 aliphatic rings. The van der Waals surface area contributed by atoms with Crippen LogP contribution in [0.25, 0.3) is 10.2 Å². The molecule has 2 heterocycles. The van der Waals surface area contributed by atoms with Crippen LogP contribution in [0, 0.1) is 19.8 Å². The van der Waals surface area contributed by atoms with E-state index in [4.69, 9.17) is 0 Å². The first-order valence-corrected chi connectivity index (χ1v) is 11.3. The summed E-state index contributed by atoms with van der Waals surface area (Å²) in [6.07, 6.45) is 3.09. The van der Waals surface area contributed by atoms with Crippen molar-refractivity contribution in [2.24, 2.45) is 5.92 Å². The highest BCUT2D eigenvalue weighted by Gasteiger charge is 2.23. The molecule has 146 valence electrons. The van der Waals surface area contributed by atoms with Gasteiger partial charge in [0.15, 0.2) is 5.16 Å². The highest BCUT2D eigenvalue weighted by molar-refractivity contribution is 7.99. The number of thiophene rings is 1. The van der Waals surface area contributed by atoms with Crippen LogP contribution >= 0.6 is 23.1 Å². The minimum atomic E-state index is -0.115. The van der Waals surface area contributed by atoms with Crippen LogP contribution in [0.1, 0.15) is 34.9 Å². The third-order valence-corrected chi connectivity index (χ3v) is 7.30. The Bertz CT molecular complexity index is 1120. The standard InChI is InChI=1S/C21H23N3O2S2/c1-11-4-7-15-16(8-11)28-20-18(15)19(26)23-21(24-20)27-10-17(25)22-14-6-5-12(2)13(3)9-14/h5-6,9,11H,4,7-8,10H2,1-3H3,(H,22,25)(H,23,24,26)/t11-/m1/s1. The maximum absolute atomic E-state index is 12.6. The number of hydrogen-bond acceptors (Lipinski definition) is 5. The van der Waals surface area contributed by atoms with Gasteiger partial charge >= 0.3 is 0 Å². The largest absolute Gasteiger partial charge is 0.325 e. The molecule has 0 saturated heterocycles. The molecule has 4 rings (SSSR count). The van der Waals surface area contributed by atoms with Gasteiger partial charge in [-0.3, -0.25) is 9.59 Å². The molecule has 2 N–H and O–H groups in total. The number of amides is 1. The minimum absolute atomic E-state index is 0.0888. The van der Waals surface area contributed by atoms with Crippen LogP contribution in [0.4, 0.5) is 5.69 Å². The number of rotatable bonds is 4. The van der Waals surface area contributed by atoms with Crippen molar-refractivity contribution >= 4 is 44.9 Å². The fourth-order valence-corrected chi connectivity index (χ4v) is 5.65. The number of nitrogens with zero attached hydrogens (tertiary/aromatic N) is 1. The van der Waals surface area contributed by atoms with Gasteiger partial charge in [-0.25, -0.2) is 4.98 Å². The zero-order valence-corrected chi connectivity index (χ0v) is 17.9. The van der Waals surface area contributed by atoms with Crippen molar-refractivity contribution in [3.63, 3.8) is 0 Å². The van der Waals surface area contributed by atoms with Crippen LogP contribution in [0.5, 0.6) is 0 Å². The van der Waals surface area contributed by atoms with E-state index in [0.29, 0.717) is 11.1 Å². The number of hydrogen-bond donors (Lipinski definition) is 2. The summed E-state index contributed by atoms with van der Waals surface area (Å²) in [5.41, 5.74) is 4.20. The van der Waals surface area contributed by atoms with E-state index in [1.165, 1.54) is 27.8 Å². The van der Waals surface area contributed by atoms with Crippen molar-refractivity contribution in [3.8, 4) is 0 Å². The van der Waals surface area contributed by atoms with E-state index in [1.807, 2.05) is 32.0 Å². The summed E-state index contributed by atoms with van der Waals surface area (Å²) in [6, 6.07) is 5.85. The summed E-state index contributed by atoms with van der Waals surface area (Å²) in [6.45, 7) is 6.31. The van der Waals surface area contributed by atoms with Crippen molar-refractivity contribution < 1.29 is 4.79 Å². The van der Waals surface area contributed by atoms with Crippen molar-refractivity contribution in [1.82, 2.24) is 9.97 Å². The maximum atomic E-state index is 12.6. The Morgan fingerprint density at radius 3 is 2.96 bits per heavy atom. The highest BCUT2D eigenvalue weighted by Crippen LogP contribution is 2.36. The topological polar surface area (TPSA) is 74.8 Å². The van der Waals surface area contributed by atoms with Crippen LogP contribution in [0.3, 0.4) is 0 Å². The molecular weight excluding hydrogens is 390 g/mol. The molecule has 0 bridgehead atoms. The summed E-state index contributed by atoms with van der Waals surface area (Å²) in [4.78, 5) is 34.5. The van der Waals surface area contributed by atoms with Gasteiger partial charge in [0.2, 0.25) is 5.91 Å². The van der Waals surface area contributed by atoms with Gasteiger partial charge < -0.3 is 10.3 Å². The van der Waals surface area contributed by atoms with Gasteiger partial charge in [-0.2, -0.15) is 0 Å². The molecule has 0 spiro atoms. The first kappa shape index (κ1) is 19.2. The average molecular weight is 414 g/mol. The summed E-state index contributed by atoms with van der Waals surface area (Å²) in [5, 5.41) is 4.15. The zero-order valence-electron chi connectivity index (χ0n) is 16.2. The Kier molecular flexibility index (Phi) is 5.29. The van der Waals surface area contributed by atoms with E-state index in [0.717, 1.165) is 40.7 Å². The number of H-pyrrole nitrogens is 1. The number of aromatic nitrogens is 2. The molecule has 3 aromatic rings. The number of nitrogens with one attached hydrogen (secondary N) is 2. The van der Waals surface area contributed by atoms with E-state index >= 15 is 0 Å². The molecule has 0 aliphatic heterocycles. The molecule has 0 radical (unpaired) electrons. The zero-order chi connectivity index (χ0) is 19.8. The smallest absolute Gasteiger partial charge is 0.260 e. The molecule has 2 aromatic heterocycles. The lowest BCUT2D eigenvalue weighted by Crippen LogP contribution is -2.16. The molecule has 28 heavy (non-hydrogen) atoms. The quantitative estimate of drug-likeness (QED) is 0.489. The Hall–Kier alpha value is -2.12. The van der Waals surface area contributed by atoms with Crippen molar-refractivity contribution in [3.05, 3.63) is 50.1 Å². The predicted octanol–water partition coefficient (Wildman–Crippen LogP) is 4.46.